The van der Waals surface area contributed by atoms with Crippen LogP contribution in [0.4, 0.5) is 11.6 Å². The molecular formula is C11H12N4O3. The molecule has 2 heterocycles. The number of hydrogen-bond donors (Lipinski definition) is 2. The molecule has 3 N–H and O–H groups in total. The van der Waals surface area contributed by atoms with E-state index in [1.807, 2.05) is 0 Å². The highest BCUT2D eigenvalue weighted by Crippen LogP contribution is 2.18. The first-order chi connectivity index (χ1) is 8.61. The topological polar surface area (TPSA) is 103 Å². The summed E-state index contributed by atoms with van der Waals surface area (Å²) in [6.45, 7) is 1.64. The molecule has 2 aromatic heterocycles. The number of nitrogens with zero attached hydrogens (tertiary/aromatic N) is 2. The molecule has 2 rings (SSSR count). The first kappa shape index (κ1) is 11.9. The maximum absolute atomic E-state index is 11.9. The number of carbonyl (C=O) groups excluding carboxylic acids is 1. The zero-order chi connectivity index (χ0) is 13.1. The first-order valence-corrected chi connectivity index (χ1v) is 5.15. The lowest BCUT2D eigenvalue weighted by molar-refractivity contribution is 0.102. The summed E-state index contributed by atoms with van der Waals surface area (Å²) < 4.78 is 9.64. The number of methoxy groups -OCH3 is 1. The summed E-state index contributed by atoms with van der Waals surface area (Å²) in [5, 5.41) is 6.25. The second kappa shape index (κ2) is 4.74. The Balaban J connectivity index is 2.16. The van der Waals surface area contributed by atoms with E-state index >= 15 is 0 Å². The minimum atomic E-state index is -0.391. The van der Waals surface area contributed by atoms with Crippen LogP contribution in [-0.4, -0.2) is 23.2 Å². The van der Waals surface area contributed by atoms with Crippen molar-refractivity contribution in [3.05, 3.63) is 29.6 Å². The van der Waals surface area contributed by atoms with Crippen molar-refractivity contribution in [2.45, 2.75) is 6.92 Å². The van der Waals surface area contributed by atoms with Gasteiger partial charge in [0.15, 0.2) is 0 Å². The van der Waals surface area contributed by atoms with Gasteiger partial charge in [-0.05, 0) is 13.0 Å². The van der Waals surface area contributed by atoms with Crippen molar-refractivity contribution in [1.82, 2.24) is 10.1 Å². The summed E-state index contributed by atoms with van der Waals surface area (Å²) in [4.78, 5) is 15.9. The molecule has 0 aliphatic heterocycles. The van der Waals surface area contributed by atoms with Gasteiger partial charge < -0.3 is 20.3 Å². The van der Waals surface area contributed by atoms with Crippen LogP contribution < -0.4 is 15.8 Å². The summed E-state index contributed by atoms with van der Waals surface area (Å²) >= 11 is 0. The highest BCUT2D eigenvalue weighted by molar-refractivity contribution is 6.07. The molecule has 0 bridgehead atoms. The van der Waals surface area contributed by atoms with E-state index in [-0.39, 0.29) is 11.4 Å². The van der Waals surface area contributed by atoms with Crippen LogP contribution in [0.25, 0.3) is 0 Å². The van der Waals surface area contributed by atoms with Gasteiger partial charge in [-0.25, -0.2) is 4.98 Å². The maximum Gasteiger partial charge on any atom is 0.263 e. The smallest absolute Gasteiger partial charge is 0.263 e. The minimum Gasteiger partial charge on any atom is -0.481 e. The van der Waals surface area contributed by atoms with E-state index < -0.39 is 5.91 Å². The maximum atomic E-state index is 11.9. The van der Waals surface area contributed by atoms with E-state index in [4.69, 9.17) is 15.0 Å². The van der Waals surface area contributed by atoms with Crippen molar-refractivity contribution in [1.29, 1.82) is 0 Å². The monoisotopic (exact) mass is 248 g/mol. The molecule has 0 saturated carbocycles. The molecule has 2 aromatic rings. The molecule has 0 spiro atoms. The summed E-state index contributed by atoms with van der Waals surface area (Å²) in [7, 11) is 1.52. The highest BCUT2D eigenvalue weighted by atomic mass is 16.5. The zero-order valence-electron chi connectivity index (χ0n) is 9.93. The van der Waals surface area contributed by atoms with Crippen LogP contribution >= 0.6 is 0 Å². The van der Waals surface area contributed by atoms with Crippen molar-refractivity contribution < 1.29 is 14.1 Å². The lowest BCUT2D eigenvalue weighted by Crippen LogP contribution is -2.14. The number of carbonyl (C=O) groups is 1. The van der Waals surface area contributed by atoms with Crippen LogP contribution in [0.1, 0.15) is 16.1 Å². The standard InChI is InChI=1S/C11H12N4O3/c1-6-9(10(12)18-15-6)11(16)14-7-3-4-8(17-2)13-5-7/h3-5H,12H2,1-2H3,(H,14,16). The van der Waals surface area contributed by atoms with Gasteiger partial charge in [-0.15, -0.1) is 0 Å². The first-order valence-electron chi connectivity index (χ1n) is 5.15. The Morgan fingerprint density at radius 3 is 2.78 bits per heavy atom. The molecule has 18 heavy (non-hydrogen) atoms. The predicted octanol–water partition coefficient (Wildman–Crippen LogP) is 1.22. The van der Waals surface area contributed by atoms with Crippen LogP contribution in [0.5, 0.6) is 5.88 Å². The molecule has 7 nitrogen and oxygen atoms in total. The van der Waals surface area contributed by atoms with Crippen LogP contribution in [0.2, 0.25) is 0 Å². The number of rotatable bonds is 3. The zero-order valence-corrected chi connectivity index (χ0v) is 9.93. The summed E-state index contributed by atoms with van der Waals surface area (Å²) in [5.41, 5.74) is 6.71. The van der Waals surface area contributed by atoms with Gasteiger partial charge in [-0.3, -0.25) is 4.79 Å². The van der Waals surface area contributed by atoms with E-state index in [0.29, 0.717) is 17.3 Å². The number of pyridine rings is 1. The number of nitrogens with two attached hydrogens (primary N) is 1. The Hall–Kier alpha value is -2.57. The molecule has 0 aromatic carbocycles. The third-order valence-corrected chi connectivity index (χ3v) is 2.32. The van der Waals surface area contributed by atoms with Crippen molar-refractivity contribution in [2.24, 2.45) is 0 Å². The molecule has 0 aliphatic rings. The van der Waals surface area contributed by atoms with Gasteiger partial charge in [-0.2, -0.15) is 0 Å². The second-order valence-corrected chi connectivity index (χ2v) is 3.55. The van der Waals surface area contributed by atoms with Crippen molar-refractivity contribution in [2.75, 3.05) is 18.2 Å². The average Bonchev–Trinajstić information content (AvgIpc) is 2.70. The number of aromatic nitrogens is 2. The Kier molecular flexibility index (Phi) is 3.13. The van der Waals surface area contributed by atoms with Gasteiger partial charge in [0.25, 0.3) is 5.91 Å². The van der Waals surface area contributed by atoms with Crippen molar-refractivity contribution in [3.8, 4) is 5.88 Å². The van der Waals surface area contributed by atoms with E-state index in [2.05, 4.69) is 15.5 Å². The fraction of sp³-hybridized carbons (Fsp3) is 0.182. The molecule has 0 aliphatic carbocycles. The van der Waals surface area contributed by atoms with Crippen molar-refractivity contribution >= 4 is 17.5 Å². The normalized spacial score (nSPS) is 10.1. The highest BCUT2D eigenvalue weighted by Gasteiger charge is 2.18. The molecule has 0 radical (unpaired) electrons. The molecule has 94 valence electrons. The van der Waals surface area contributed by atoms with Crippen LogP contribution in [0.3, 0.4) is 0 Å². The summed E-state index contributed by atoms with van der Waals surface area (Å²) in [6, 6.07) is 3.31. The number of anilines is 2. The van der Waals surface area contributed by atoms with Gasteiger partial charge in [0.2, 0.25) is 11.8 Å². The molecule has 7 heteroatoms. The Bertz CT molecular complexity index is 543. The van der Waals surface area contributed by atoms with Gasteiger partial charge in [0, 0.05) is 6.07 Å². The molecule has 0 fully saturated rings. The Labute approximate surface area is 103 Å². The minimum absolute atomic E-state index is 0.00790. The third-order valence-electron chi connectivity index (χ3n) is 2.32. The number of amides is 1. The third kappa shape index (κ3) is 2.24. The molecule has 0 atom stereocenters. The fourth-order valence-corrected chi connectivity index (χ4v) is 1.43. The van der Waals surface area contributed by atoms with E-state index in [1.165, 1.54) is 13.3 Å². The van der Waals surface area contributed by atoms with Crippen LogP contribution in [0.15, 0.2) is 22.9 Å². The summed E-state index contributed by atoms with van der Waals surface area (Å²) in [5.74, 6) is 0.0679. The largest absolute Gasteiger partial charge is 0.481 e. The van der Waals surface area contributed by atoms with E-state index in [1.54, 1.807) is 19.1 Å². The van der Waals surface area contributed by atoms with Crippen LogP contribution in [0, 0.1) is 6.92 Å². The molecule has 0 saturated heterocycles. The van der Waals surface area contributed by atoms with Crippen LogP contribution in [-0.2, 0) is 0 Å². The van der Waals surface area contributed by atoms with Gasteiger partial charge >= 0.3 is 0 Å². The van der Waals surface area contributed by atoms with Gasteiger partial charge in [-0.1, -0.05) is 5.16 Å². The summed E-state index contributed by atoms with van der Waals surface area (Å²) in [6.07, 6.45) is 1.48. The lowest BCUT2D eigenvalue weighted by atomic mass is 10.2. The van der Waals surface area contributed by atoms with E-state index in [9.17, 15) is 4.79 Å². The van der Waals surface area contributed by atoms with E-state index in [0.717, 1.165) is 0 Å². The lowest BCUT2D eigenvalue weighted by Gasteiger charge is -2.04. The molecule has 0 unspecified atom stereocenters. The number of hydrogen-bond acceptors (Lipinski definition) is 6. The number of aryl methyl sites for hydroxylation is 1. The fourth-order valence-electron chi connectivity index (χ4n) is 1.43. The molecular weight excluding hydrogens is 236 g/mol. The second-order valence-electron chi connectivity index (χ2n) is 3.55. The number of ether oxygens (including phenoxy) is 1. The average molecular weight is 248 g/mol. The Morgan fingerprint density at radius 2 is 2.28 bits per heavy atom. The van der Waals surface area contributed by atoms with Gasteiger partial charge in [0.1, 0.15) is 5.56 Å². The number of nitrogen functional groups attached to an aromatic ring is 1. The molecule has 1 amide bonds. The van der Waals surface area contributed by atoms with Gasteiger partial charge in [0.05, 0.1) is 24.7 Å². The Morgan fingerprint density at radius 1 is 1.50 bits per heavy atom. The van der Waals surface area contributed by atoms with Crippen molar-refractivity contribution in [3.63, 3.8) is 0 Å². The quantitative estimate of drug-likeness (QED) is 0.846. The number of nitrogens with one attached hydrogen (secondary N) is 1. The predicted molar refractivity (Wildman–Crippen MR) is 64.4 cm³/mol. The SMILES string of the molecule is COc1ccc(NC(=O)c2c(C)noc2N)cn1.